The second kappa shape index (κ2) is 23.9. The zero-order valence-corrected chi connectivity index (χ0v) is 49.2. The van der Waals surface area contributed by atoms with E-state index in [9.17, 15) is 28.8 Å². The summed E-state index contributed by atoms with van der Waals surface area (Å²) in [5.41, 5.74) is 4.45. The third-order valence-electron chi connectivity index (χ3n) is 17.1. The average Bonchev–Trinajstić information content (AvgIpc) is 4.19. The predicted molar refractivity (Wildman–Crippen MR) is 315 cm³/mol. The van der Waals surface area contributed by atoms with Crippen LogP contribution in [0, 0.1) is 22.7 Å². The van der Waals surface area contributed by atoms with Gasteiger partial charge in [-0.05, 0) is 122 Å². The number of nitrogens with one attached hydrogen (secondary N) is 8. The molecule has 3 aromatic carbocycles. The zero-order valence-electron chi connectivity index (χ0n) is 45.9. The largest absolute Gasteiger partial charge is 0.367 e. The van der Waals surface area contributed by atoms with Crippen molar-refractivity contribution in [2.75, 3.05) is 25.6 Å². The van der Waals surface area contributed by atoms with Crippen molar-refractivity contribution >= 4 is 93.4 Å². The van der Waals surface area contributed by atoms with Gasteiger partial charge in [0.25, 0.3) is 0 Å². The maximum absolute atomic E-state index is 14.7. The molecule has 12 atom stereocenters. The van der Waals surface area contributed by atoms with Gasteiger partial charge in [0.1, 0.15) is 24.2 Å². The first-order valence-electron chi connectivity index (χ1n) is 27.4. The quantitative estimate of drug-likeness (QED) is 0.0896. The second-order valence-electron chi connectivity index (χ2n) is 23.3. The molecule has 20 heteroatoms. The zero-order chi connectivity index (χ0) is 55.8. The summed E-state index contributed by atoms with van der Waals surface area (Å²) >= 11 is 14.7. The summed E-state index contributed by atoms with van der Waals surface area (Å²) in [4.78, 5) is 91.3. The van der Waals surface area contributed by atoms with Crippen LogP contribution < -0.4 is 42.5 Å². The number of nitrogens with zero attached hydrogens (tertiary/aromatic N) is 2. The molecule has 418 valence electrons. The van der Waals surface area contributed by atoms with Crippen LogP contribution >= 0.6 is 48.0 Å². The monoisotopic (exact) mass is 1140 g/mol. The van der Waals surface area contributed by atoms with Gasteiger partial charge in [-0.25, -0.2) is 0 Å². The van der Waals surface area contributed by atoms with Crippen LogP contribution in [0.25, 0.3) is 0 Å². The fraction of sp³-hybridized carbons (Fsp3) is 0.552. The number of hydrogen-bond donors (Lipinski definition) is 8. The van der Waals surface area contributed by atoms with Crippen LogP contribution in [0.2, 0.25) is 0 Å². The molecule has 4 fully saturated rings. The minimum absolute atomic E-state index is 0.117. The number of amides is 6. The van der Waals surface area contributed by atoms with E-state index < -0.39 is 58.9 Å². The summed E-state index contributed by atoms with van der Waals surface area (Å²) in [5.74, 6) is -0.864. The maximum Gasteiger partial charge on any atom is 0.246 e. The third kappa shape index (κ3) is 11.9. The Bertz CT molecular complexity index is 2630. The molecule has 3 aromatic rings. The number of benzene rings is 3. The van der Waals surface area contributed by atoms with Crippen LogP contribution in [0.3, 0.4) is 0 Å². The van der Waals surface area contributed by atoms with Crippen LogP contribution in [0.1, 0.15) is 113 Å². The van der Waals surface area contributed by atoms with Gasteiger partial charge in [-0.3, -0.25) is 28.8 Å². The van der Waals surface area contributed by atoms with Gasteiger partial charge in [-0.2, -0.15) is 0 Å². The first-order valence-corrected chi connectivity index (χ1v) is 30.3. The van der Waals surface area contributed by atoms with Gasteiger partial charge < -0.3 is 52.3 Å². The highest BCUT2D eigenvalue weighted by molar-refractivity contribution is 8.00. The van der Waals surface area contributed by atoms with Gasteiger partial charge in [0.05, 0.1) is 56.7 Å². The van der Waals surface area contributed by atoms with Gasteiger partial charge in [0, 0.05) is 13.1 Å². The van der Waals surface area contributed by atoms with Gasteiger partial charge in [0.2, 0.25) is 35.4 Å². The number of hydrogen-bond acceptors (Lipinski definition) is 12. The number of thiocarbonyl (C=S) groups is 2. The SMILES string of the molecule is CNC(C)C(=S)N[C@H]1CCS[C@H]2CC(C)(C)[C@@H](C(=O)N[C@H]3c4ccccc4C[C@H]3C(=O)NCc3ccc(CNC(=O)[C@@H]4Cc5ccccc5[C@@H]4NC(=O)[C@H]4N5C(=O)[C@@H](NC(=S)C(C)NC)CCS[C@H]5CC4(C)C)cc3)N2C1=O. The van der Waals surface area contributed by atoms with E-state index in [-0.39, 0.29) is 71.4 Å². The number of fused-ring (bicyclic) bond motifs is 4. The van der Waals surface area contributed by atoms with Crippen LogP contribution in [0.15, 0.2) is 72.8 Å². The van der Waals surface area contributed by atoms with Crippen molar-refractivity contribution in [2.24, 2.45) is 22.7 Å². The molecule has 9 rings (SSSR count). The minimum Gasteiger partial charge on any atom is -0.367 e. The van der Waals surface area contributed by atoms with Crippen molar-refractivity contribution in [3.05, 3.63) is 106 Å². The Morgan fingerprint density at radius 1 is 0.577 bits per heavy atom. The van der Waals surface area contributed by atoms with Crippen molar-refractivity contribution in [3.8, 4) is 0 Å². The summed E-state index contributed by atoms with van der Waals surface area (Å²) in [6, 6.07) is 19.3. The lowest BCUT2D eigenvalue weighted by Gasteiger charge is -2.35. The third-order valence-corrected chi connectivity index (χ3v) is 20.5. The lowest BCUT2D eigenvalue weighted by atomic mass is 9.83. The Balaban J connectivity index is 0.823. The van der Waals surface area contributed by atoms with Crippen molar-refractivity contribution in [3.63, 3.8) is 0 Å². The summed E-state index contributed by atoms with van der Waals surface area (Å²) in [7, 11) is 3.64. The summed E-state index contributed by atoms with van der Waals surface area (Å²) in [6.45, 7) is 12.5. The molecule has 0 radical (unpaired) electrons. The van der Waals surface area contributed by atoms with E-state index in [0.29, 0.717) is 48.5 Å². The molecular formula is C58H76N10O6S4. The van der Waals surface area contributed by atoms with Crippen molar-refractivity contribution in [2.45, 2.75) is 152 Å². The Labute approximate surface area is 478 Å². The molecule has 2 unspecified atom stereocenters. The fourth-order valence-electron chi connectivity index (χ4n) is 12.5. The number of thioether (sulfide) groups is 2. The van der Waals surface area contributed by atoms with Gasteiger partial charge in [-0.1, -0.05) is 125 Å². The molecular weight excluding hydrogens is 1060 g/mol. The molecule has 6 aliphatic rings. The minimum atomic E-state index is -0.749. The van der Waals surface area contributed by atoms with Crippen LogP contribution in [0.5, 0.6) is 0 Å². The molecule has 4 aliphatic heterocycles. The highest BCUT2D eigenvalue weighted by Gasteiger charge is 2.57. The van der Waals surface area contributed by atoms with Crippen LogP contribution in [-0.2, 0) is 54.7 Å². The van der Waals surface area contributed by atoms with Crippen LogP contribution in [0.4, 0.5) is 0 Å². The van der Waals surface area contributed by atoms with Crippen molar-refractivity contribution < 1.29 is 28.8 Å². The van der Waals surface area contributed by atoms with E-state index in [4.69, 9.17) is 24.4 Å². The van der Waals surface area contributed by atoms with Crippen LogP contribution in [-0.4, -0.2) is 128 Å². The number of likely N-dealkylation sites (N-methyl/N-ethyl adjacent to an activating group) is 2. The molecule has 78 heavy (non-hydrogen) atoms. The first kappa shape index (κ1) is 57.6. The maximum atomic E-state index is 14.7. The topological polar surface area (TPSA) is 205 Å². The van der Waals surface area contributed by atoms with Gasteiger partial charge >= 0.3 is 0 Å². The fourth-order valence-corrected chi connectivity index (χ4v) is 16.1. The van der Waals surface area contributed by atoms with Gasteiger partial charge in [-0.15, -0.1) is 23.5 Å². The summed E-state index contributed by atoms with van der Waals surface area (Å²) < 4.78 is 0. The normalized spacial score (nSPS) is 28.4. The number of rotatable bonds is 16. The molecule has 0 spiro atoms. The Morgan fingerprint density at radius 2 is 0.949 bits per heavy atom. The summed E-state index contributed by atoms with van der Waals surface area (Å²) in [5, 5.41) is 25.4. The van der Waals surface area contributed by atoms with E-state index in [1.54, 1.807) is 33.3 Å². The first-order chi connectivity index (χ1) is 37.2. The smallest absolute Gasteiger partial charge is 0.246 e. The lowest BCUT2D eigenvalue weighted by Crippen LogP contribution is -2.58. The molecule has 4 saturated heterocycles. The number of carbonyl (C=O) groups is 6. The molecule has 8 N–H and O–H groups in total. The standard InChI is InChI=1S/C58H76N10O6S4/c1-31(59-7)53(75)63-41-21-23-77-43-27-57(3,4)47(67(43)55(41)73)51(71)65-45-37-15-11-9-13-35(37)25-39(45)49(69)61-29-33-17-19-34(20-18-33)30-62-50(70)40-26-36-14-10-12-16-38(36)46(40)66-52(72)48-58(5,6)28-44-68(48)56(74)42(22-24-78-44)64-54(76)32(2)60-8/h9-20,31-32,39-48,59-60H,21-30H2,1-8H3,(H,61,69)(H,62,70)(H,63,75)(H,64,76)(H,65,71)(H,66,72)/t31?,32?,39-,40-,41+,42+,43+,44+,45+,46+,47-,48-/m1/s1. The van der Waals surface area contributed by atoms with E-state index in [1.165, 1.54) is 0 Å². The highest BCUT2D eigenvalue weighted by atomic mass is 32.2. The van der Waals surface area contributed by atoms with Gasteiger partial charge in [0.15, 0.2) is 0 Å². The Kier molecular flexibility index (Phi) is 17.6. The van der Waals surface area contributed by atoms with E-state index in [1.807, 2.05) is 128 Å². The molecule has 6 amide bonds. The molecule has 0 aromatic heterocycles. The molecule has 0 saturated carbocycles. The van der Waals surface area contributed by atoms with Crippen molar-refractivity contribution in [1.29, 1.82) is 0 Å². The van der Waals surface area contributed by atoms with E-state index in [0.717, 1.165) is 44.9 Å². The Morgan fingerprint density at radius 3 is 1.32 bits per heavy atom. The van der Waals surface area contributed by atoms with E-state index in [2.05, 4.69) is 42.5 Å². The van der Waals surface area contributed by atoms with E-state index >= 15 is 0 Å². The Hall–Kier alpha value is -5.12. The molecule has 2 aliphatic carbocycles. The number of carbonyl (C=O) groups excluding carboxylic acids is 6. The molecule has 0 bridgehead atoms. The second-order valence-corrected chi connectivity index (χ2v) is 26.7. The lowest BCUT2D eigenvalue weighted by molar-refractivity contribution is -0.143. The van der Waals surface area contributed by atoms with Crippen molar-refractivity contribution in [1.82, 2.24) is 52.3 Å². The summed E-state index contributed by atoms with van der Waals surface area (Å²) in [6.07, 6.45) is 3.41. The molecule has 16 nitrogen and oxygen atoms in total. The predicted octanol–water partition coefficient (Wildman–Crippen LogP) is 4.95. The average molecular weight is 1140 g/mol. The highest BCUT2D eigenvalue weighted by Crippen LogP contribution is 2.49. The molecule has 4 heterocycles.